The molecule has 0 radical (unpaired) electrons. The third-order valence-electron chi connectivity index (χ3n) is 5.96. The van der Waals surface area contributed by atoms with Crippen LogP contribution in [0.5, 0.6) is 0 Å². The smallest absolute Gasteiger partial charge is 0.138 e. The quantitative estimate of drug-likeness (QED) is 0.624. The summed E-state index contributed by atoms with van der Waals surface area (Å²) in [5.74, 6) is 1.01. The van der Waals surface area contributed by atoms with E-state index >= 15 is 0 Å². The topological polar surface area (TPSA) is 42.2 Å². The molecular weight excluding hydrogens is 364 g/mol. The molecule has 28 heavy (non-hydrogen) atoms. The van der Waals surface area contributed by atoms with Crippen molar-refractivity contribution in [2.75, 3.05) is 26.0 Å². The van der Waals surface area contributed by atoms with Crippen LogP contribution < -0.4 is 10.2 Å². The van der Waals surface area contributed by atoms with Crippen molar-refractivity contribution in [3.63, 3.8) is 0 Å². The van der Waals surface area contributed by atoms with Crippen LogP contribution in [-0.4, -0.2) is 30.6 Å². The molecule has 0 saturated carbocycles. The number of rotatable bonds is 6. The van der Waals surface area contributed by atoms with Crippen LogP contribution in [0.3, 0.4) is 0 Å². The molecule has 4 nitrogen and oxygen atoms in total. The molecule has 2 N–H and O–H groups in total. The van der Waals surface area contributed by atoms with Gasteiger partial charge >= 0.3 is 0 Å². The number of fused-ring (bicyclic) bond motifs is 3. The van der Waals surface area contributed by atoms with Crippen LogP contribution in [0.1, 0.15) is 53.8 Å². The second kappa shape index (κ2) is 8.58. The lowest BCUT2D eigenvalue weighted by atomic mass is 10.0. The predicted octanol–water partition coefficient (Wildman–Crippen LogP) is 3.82. The van der Waals surface area contributed by atoms with Crippen molar-refractivity contribution in [2.24, 2.45) is 0 Å². The molecule has 3 aromatic rings. The highest BCUT2D eigenvalue weighted by molar-refractivity contribution is 7.18. The molecule has 1 aliphatic carbocycles. The third-order valence-corrected chi connectivity index (χ3v) is 7.16. The maximum atomic E-state index is 4.65. The minimum atomic E-state index is 0.383. The minimum absolute atomic E-state index is 0.383. The number of nitrogens with zero attached hydrogens (tertiary/aromatic N) is 2. The van der Waals surface area contributed by atoms with Crippen molar-refractivity contribution in [3.8, 4) is 0 Å². The van der Waals surface area contributed by atoms with Crippen molar-refractivity contribution in [1.29, 1.82) is 0 Å². The highest BCUT2D eigenvalue weighted by Gasteiger charge is 2.21. The Hall–Kier alpha value is -1.98. The molecular formula is C23H31N4S+. The van der Waals surface area contributed by atoms with E-state index in [0.29, 0.717) is 6.04 Å². The Morgan fingerprint density at radius 2 is 1.86 bits per heavy atom. The molecule has 2 aromatic heterocycles. The molecule has 0 amide bonds. The van der Waals surface area contributed by atoms with E-state index in [1.165, 1.54) is 57.5 Å². The van der Waals surface area contributed by atoms with Crippen molar-refractivity contribution >= 4 is 27.4 Å². The van der Waals surface area contributed by atoms with Crippen molar-refractivity contribution in [1.82, 2.24) is 9.97 Å². The third kappa shape index (κ3) is 3.91. The first-order valence-corrected chi connectivity index (χ1v) is 11.4. The van der Waals surface area contributed by atoms with Crippen LogP contribution in [0, 0.1) is 0 Å². The maximum Gasteiger partial charge on any atom is 0.138 e. The Bertz CT molecular complexity index is 930. The zero-order valence-electron chi connectivity index (χ0n) is 17.2. The number of hydrogen-bond donors (Lipinski definition) is 2. The van der Waals surface area contributed by atoms with E-state index < -0.39 is 0 Å². The van der Waals surface area contributed by atoms with E-state index in [2.05, 4.69) is 60.6 Å². The summed E-state index contributed by atoms with van der Waals surface area (Å²) in [5.41, 5.74) is 4.27. The summed E-state index contributed by atoms with van der Waals surface area (Å²) in [5, 5.41) is 4.96. The summed E-state index contributed by atoms with van der Waals surface area (Å²) in [7, 11) is 4.46. The van der Waals surface area contributed by atoms with E-state index in [0.717, 1.165) is 30.0 Å². The Morgan fingerprint density at radius 1 is 1.07 bits per heavy atom. The molecule has 0 aliphatic heterocycles. The summed E-state index contributed by atoms with van der Waals surface area (Å²) >= 11 is 1.87. The second-order valence-electron chi connectivity index (χ2n) is 8.07. The number of anilines is 1. The van der Waals surface area contributed by atoms with Gasteiger partial charge in [0.25, 0.3) is 0 Å². The number of likely N-dealkylation sites (N-methyl/N-ethyl adjacent to an activating group) is 1. The summed E-state index contributed by atoms with van der Waals surface area (Å²) in [6.07, 6.45) is 9.08. The van der Waals surface area contributed by atoms with Crippen molar-refractivity contribution in [2.45, 2.75) is 51.5 Å². The monoisotopic (exact) mass is 395 g/mol. The molecule has 0 fully saturated rings. The average Bonchev–Trinajstić information content (AvgIpc) is 2.90. The van der Waals surface area contributed by atoms with Gasteiger partial charge in [0, 0.05) is 10.4 Å². The first-order valence-electron chi connectivity index (χ1n) is 10.6. The molecule has 1 aromatic carbocycles. The number of hydrogen-bond acceptors (Lipinski definition) is 4. The molecule has 1 atom stereocenters. The largest absolute Gasteiger partial charge is 0.363 e. The van der Waals surface area contributed by atoms with Gasteiger partial charge in [-0.1, -0.05) is 37.6 Å². The lowest BCUT2D eigenvalue weighted by molar-refractivity contribution is -0.890. The van der Waals surface area contributed by atoms with Crippen LogP contribution >= 0.6 is 11.3 Å². The van der Waals surface area contributed by atoms with Crippen LogP contribution in [0.2, 0.25) is 0 Å². The van der Waals surface area contributed by atoms with Gasteiger partial charge in [-0.25, -0.2) is 9.97 Å². The molecule has 4 rings (SSSR count). The molecule has 2 heterocycles. The van der Waals surface area contributed by atoms with E-state index in [-0.39, 0.29) is 0 Å². The van der Waals surface area contributed by atoms with Gasteiger partial charge in [0.15, 0.2) is 0 Å². The van der Waals surface area contributed by atoms with Crippen LogP contribution in [0.15, 0.2) is 30.6 Å². The average molecular weight is 396 g/mol. The van der Waals surface area contributed by atoms with Gasteiger partial charge in [0.05, 0.1) is 26.0 Å². The van der Waals surface area contributed by atoms with Gasteiger partial charge in [-0.15, -0.1) is 11.3 Å². The van der Waals surface area contributed by atoms with Gasteiger partial charge in [0.2, 0.25) is 0 Å². The predicted molar refractivity (Wildman–Crippen MR) is 119 cm³/mol. The number of quaternary nitrogens is 1. The summed E-state index contributed by atoms with van der Waals surface area (Å²) in [4.78, 5) is 13.3. The zero-order valence-corrected chi connectivity index (χ0v) is 18.0. The van der Waals surface area contributed by atoms with Gasteiger partial charge in [-0.3, -0.25) is 0 Å². The fourth-order valence-corrected chi connectivity index (χ4v) is 5.47. The lowest BCUT2D eigenvalue weighted by Crippen LogP contribution is -3.06. The van der Waals surface area contributed by atoms with Crippen LogP contribution in [-0.2, 0) is 19.3 Å². The normalized spacial score (nSPS) is 15.4. The van der Waals surface area contributed by atoms with Gasteiger partial charge < -0.3 is 10.2 Å². The molecule has 0 saturated heterocycles. The Morgan fingerprint density at radius 3 is 2.61 bits per heavy atom. The zero-order chi connectivity index (χ0) is 19.5. The van der Waals surface area contributed by atoms with Gasteiger partial charge in [-0.05, 0) is 43.2 Å². The Balaban J connectivity index is 1.60. The fourth-order valence-electron chi connectivity index (χ4n) is 4.24. The molecule has 1 aliphatic rings. The first kappa shape index (κ1) is 19.3. The fraction of sp³-hybridized carbons (Fsp3) is 0.478. The van der Waals surface area contributed by atoms with Gasteiger partial charge in [0.1, 0.15) is 23.0 Å². The molecule has 0 spiro atoms. The molecule has 5 heteroatoms. The van der Waals surface area contributed by atoms with Crippen LogP contribution in [0.4, 0.5) is 5.82 Å². The number of thiophene rings is 1. The van der Waals surface area contributed by atoms with E-state index in [1.54, 1.807) is 6.33 Å². The highest BCUT2D eigenvalue weighted by Crippen LogP contribution is 2.37. The number of aromatic nitrogens is 2. The molecule has 0 unspecified atom stereocenters. The summed E-state index contributed by atoms with van der Waals surface area (Å²) in [6, 6.07) is 9.46. The second-order valence-corrected chi connectivity index (χ2v) is 9.16. The Labute approximate surface area is 172 Å². The minimum Gasteiger partial charge on any atom is -0.363 e. The molecule has 148 valence electrons. The van der Waals surface area contributed by atoms with E-state index in [9.17, 15) is 0 Å². The van der Waals surface area contributed by atoms with Gasteiger partial charge in [-0.2, -0.15) is 0 Å². The molecule has 0 bridgehead atoms. The van der Waals surface area contributed by atoms with Crippen LogP contribution in [0.25, 0.3) is 10.2 Å². The highest BCUT2D eigenvalue weighted by atomic mass is 32.1. The number of aryl methyl sites for hydroxylation is 3. The SMILES string of the molecule is CCc1ccc([C@@H](CNc2ncnc3sc4c(c23)CCCCC4)[NH+](C)C)cc1. The first-order chi connectivity index (χ1) is 13.7. The number of nitrogens with one attached hydrogen (secondary N) is 2. The standard InChI is InChI=1S/C23H30N4S/c1-4-16-10-12-17(13-11-16)19(27(2)3)14-24-22-21-18-8-6-5-7-9-20(18)28-23(21)26-15-25-22/h10-13,15,19H,4-9,14H2,1-3H3,(H,24,25,26)/p+1/t19-/m1/s1. The Kier molecular flexibility index (Phi) is 5.93. The lowest BCUT2D eigenvalue weighted by Gasteiger charge is -2.23. The maximum absolute atomic E-state index is 4.65. The van der Waals surface area contributed by atoms with Crippen molar-refractivity contribution in [3.05, 3.63) is 52.2 Å². The van der Waals surface area contributed by atoms with E-state index in [1.807, 2.05) is 11.3 Å². The summed E-state index contributed by atoms with van der Waals surface area (Å²) < 4.78 is 0. The van der Waals surface area contributed by atoms with Crippen molar-refractivity contribution < 1.29 is 4.90 Å². The summed E-state index contributed by atoms with van der Waals surface area (Å²) in [6.45, 7) is 3.07. The number of benzene rings is 1. The van der Waals surface area contributed by atoms with E-state index in [4.69, 9.17) is 0 Å².